The van der Waals surface area contributed by atoms with E-state index in [1.165, 1.54) is 6.66 Å². The van der Waals surface area contributed by atoms with Gasteiger partial charge in [-0.05, 0) is 13.3 Å². The lowest BCUT2D eigenvalue weighted by Crippen LogP contribution is -2.44. The first-order chi connectivity index (χ1) is 7.28. The molecule has 8 heteroatoms. The summed E-state index contributed by atoms with van der Waals surface area (Å²) in [5.74, 6) is -1.21. The van der Waals surface area contributed by atoms with E-state index in [0.29, 0.717) is 6.61 Å². The van der Waals surface area contributed by atoms with Crippen molar-refractivity contribution in [2.75, 3.05) is 19.4 Å². The Kier molecular flexibility index (Phi) is 6.06. The van der Waals surface area contributed by atoms with Gasteiger partial charge in [0.05, 0.1) is 6.61 Å². The highest BCUT2D eigenvalue weighted by Gasteiger charge is 2.23. The molecule has 0 aromatic heterocycles. The van der Waals surface area contributed by atoms with Crippen LogP contribution in [0.15, 0.2) is 0 Å². The fourth-order valence-electron chi connectivity index (χ4n) is 1.13. The van der Waals surface area contributed by atoms with E-state index in [4.69, 9.17) is 15.4 Å². The molecule has 2 atom stereocenters. The number of carbonyl (C=O) groups excluding carboxylic acids is 1. The second kappa shape index (κ2) is 6.50. The molecular weight excluding hydrogens is 235 g/mol. The van der Waals surface area contributed by atoms with E-state index in [-0.39, 0.29) is 12.6 Å². The minimum Gasteiger partial charge on any atom is -0.480 e. The Balaban J connectivity index is 4.27. The van der Waals surface area contributed by atoms with Gasteiger partial charge in [0.25, 0.3) is 0 Å². The van der Waals surface area contributed by atoms with Crippen molar-refractivity contribution in [2.24, 2.45) is 5.73 Å². The van der Waals surface area contributed by atoms with E-state index in [1.54, 1.807) is 6.92 Å². The molecule has 0 saturated heterocycles. The standard InChI is InChI=1S/C8H17N2O5P/c1-3-15-16(2,14)5-4-6(7(11)12)10-8(9)13/h6H,3-5H2,1-2H3,(H,11,12)(H3,9,10,13)/t6-,16?/m1/s1. The van der Waals surface area contributed by atoms with E-state index < -0.39 is 25.4 Å². The number of amides is 2. The molecule has 0 aliphatic carbocycles. The predicted molar refractivity (Wildman–Crippen MR) is 58.8 cm³/mol. The number of nitrogens with one attached hydrogen (secondary N) is 1. The minimum atomic E-state index is -2.78. The Morgan fingerprint density at radius 2 is 2.12 bits per heavy atom. The molecule has 4 N–H and O–H groups in total. The van der Waals surface area contributed by atoms with Gasteiger partial charge in [-0.3, -0.25) is 4.57 Å². The van der Waals surface area contributed by atoms with Crippen LogP contribution in [-0.2, 0) is 13.9 Å². The summed E-state index contributed by atoms with van der Waals surface area (Å²) in [6.07, 6.45) is 0.101. The Morgan fingerprint density at radius 3 is 2.50 bits per heavy atom. The second-order valence-corrected chi connectivity index (χ2v) is 6.08. The van der Waals surface area contributed by atoms with Crippen LogP contribution in [-0.4, -0.2) is 42.6 Å². The topological polar surface area (TPSA) is 119 Å². The number of nitrogens with two attached hydrogens (primary N) is 1. The lowest BCUT2D eigenvalue weighted by molar-refractivity contribution is -0.139. The van der Waals surface area contributed by atoms with Crippen LogP contribution in [0.3, 0.4) is 0 Å². The second-order valence-electron chi connectivity index (χ2n) is 3.34. The average Bonchev–Trinajstić information content (AvgIpc) is 2.11. The van der Waals surface area contributed by atoms with Crippen molar-refractivity contribution < 1.29 is 23.8 Å². The fraction of sp³-hybridized carbons (Fsp3) is 0.750. The maximum Gasteiger partial charge on any atom is 0.326 e. The summed E-state index contributed by atoms with van der Waals surface area (Å²) in [6.45, 7) is 3.43. The SMILES string of the molecule is CCOP(C)(=O)CC[C@@H](NC(N)=O)C(=O)O. The molecule has 0 spiro atoms. The first-order valence-electron chi connectivity index (χ1n) is 4.78. The van der Waals surface area contributed by atoms with Crippen LogP contribution in [0, 0.1) is 0 Å². The number of carboxylic acid groups (broad SMARTS) is 1. The van der Waals surface area contributed by atoms with E-state index in [1.807, 2.05) is 0 Å². The van der Waals surface area contributed by atoms with Crippen molar-refractivity contribution >= 4 is 19.4 Å². The quantitative estimate of drug-likeness (QED) is 0.568. The highest BCUT2D eigenvalue weighted by atomic mass is 31.2. The van der Waals surface area contributed by atoms with Gasteiger partial charge in [0.15, 0.2) is 7.37 Å². The summed E-state index contributed by atoms with van der Waals surface area (Å²) >= 11 is 0. The third kappa shape index (κ3) is 6.42. The molecule has 94 valence electrons. The van der Waals surface area contributed by atoms with Crippen LogP contribution >= 0.6 is 7.37 Å². The number of carbonyl (C=O) groups is 2. The lowest BCUT2D eigenvalue weighted by atomic mass is 10.2. The summed E-state index contributed by atoms with van der Waals surface area (Å²) in [5.41, 5.74) is 4.82. The molecule has 0 rings (SSSR count). The van der Waals surface area contributed by atoms with Crippen LogP contribution < -0.4 is 11.1 Å². The summed E-state index contributed by atoms with van der Waals surface area (Å²) in [4.78, 5) is 21.2. The fourth-order valence-corrected chi connectivity index (χ4v) is 2.53. The van der Waals surface area contributed by atoms with Gasteiger partial charge >= 0.3 is 12.0 Å². The average molecular weight is 252 g/mol. The normalized spacial score (nSPS) is 16.1. The third-order valence-corrected chi connectivity index (χ3v) is 3.72. The Morgan fingerprint density at radius 1 is 1.56 bits per heavy atom. The molecule has 0 radical (unpaired) electrons. The smallest absolute Gasteiger partial charge is 0.326 e. The van der Waals surface area contributed by atoms with Gasteiger partial charge in [-0.1, -0.05) is 0 Å². The molecule has 1 unspecified atom stereocenters. The minimum absolute atomic E-state index is 0.0199. The first-order valence-corrected chi connectivity index (χ1v) is 7.04. The van der Waals surface area contributed by atoms with Gasteiger partial charge in [-0.2, -0.15) is 0 Å². The predicted octanol–water partition coefficient (Wildman–Crippen LogP) is 0.442. The van der Waals surface area contributed by atoms with Crippen LogP contribution in [0.1, 0.15) is 13.3 Å². The molecule has 2 amide bonds. The highest BCUT2D eigenvalue weighted by Crippen LogP contribution is 2.43. The summed E-state index contributed by atoms with van der Waals surface area (Å²) in [6, 6.07) is -2.05. The van der Waals surface area contributed by atoms with Gasteiger partial charge in [-0.25, -0.2) is 9.59 Å². The van der Waals surface area contributed by atoms with Crippen molar-refractivity contribution in [2.45, 2.75) is 19.4 Å². The molecule has 0 fully saturated rings. The van der Waals surface area contributed by atoms with E-state index in [9.17, 15) is 14.2 Å². The Labute approximate surface area is 93.8 Å². The zero-order chi connectivity index (χ0) is 12.8. The molecular formula is C8H17N2O5P. The molecule has 0 aliphatic rings. The molecule has 16 heavy (non-hydrogen) atoms. The Bertz CT molecular complexity index is 307. The van der Waals surface area contributed by atoms with Crippen molar-refractivity contribution in [3.05, 3.63) is 0 Å². The van der Waals surface area contributed by atoms with Crippen molar-refractivity contribution in [3.63, 3.8) is 0 Å². The summed E-state index contributed by atoms with van der Waals surface area (Å²) < 4.78 is 16.7. The number of hydrogen-bond acceptors (Lipinski definition) is 4. The summed E-state index contributed by atoms with van der Waals surface area (Å²) in [5, 5.41) is 10.8. The van der Waals surface area contributed by atoms with E-state index in [0.717, 1.165) is 0 Å². The maximum atomic E-state index is 11.7. The van der Waals surface area contributed by atoms with Gasteiger partial charge in [0.2, 0.25) is 0 Å². The number of primary amides is 1. The first kappa shape index (κ1) is 14.9. The molecule has 0 aliphatic heterocycles. The molecule has 0 heterocycles. The maximum absolute atomic E-state index is 11.7. The summed E-state index contributed by atoms with van der Waals surface area (Å²) in [7, 11) is -2.78. The van der Waals surface area contributed by atoms with E-state index >= 15 is 0 Å². The van der Waals surface area contributed by atoms with Crippen LogP contribution in [0.5, 0.6) is 0 Å². The monoisotopic (exact) mass is 252 g/mol. The van der Waals surface area contributed by atoms with Crippen LogP contribution in [0.2, 0.25) is 0 Å². The molecule has 7 nitrogen and oxygen atoms in total. The molecule has 0 bridgehead atoms. The zero-order valence-corrected chi connectivity index (χ0v) is 10.2. The van der Waals surface area contributed by atoms with Gasteiger partial charge < -0.3 is 20.7 Å². The number of rotatable bonds is 7. The number of urea groups is 1. The zero-order valence-electron chi connectivity index (χ0n) is 9.30. The third-order valence-electron chi connectivity index (χ3n) is 1.84. The van der Waals surface area contributed by atoms with Crippen molar-refractivity contribution in [1.29, 1.82) is 0 Å². The van der Waals surface area contributed by atoms with Crippen LogP contribution in [0.25, 0.3) is 0 Å². The van der Waals surface area contributed by atoms with E-state index in [2.05, 4.69) is 5.32 Å². The molecule has 0 aromatic carbocycles. The van der Waals surface area contributed by atoms with Crippen molar-refractivity contribution in [3.8, 4) is 0 Å². The van der Waals surface area contributed by atoms with Gasteiger partial charge in [-0.15, -0.1) is 0 Å². The highest BCUT2D eigenvalue weighted by molar-refractivity contribution is 7.58. The van der Waals surface area contributed by atoms with Gasteiger partial charge in [0.1, 0.15) is 6.04 Å². The number of carboxylic acids is 1. The molecule has 0 aromatic rings. The van der Waals surface area contributed by atoms with Crippen LogP contribution in [0.4, 0.5) is 4.79 Å². The lowest BCUT2D eigenvalue weighted by Gasteiger charge is -2.16. The molecule has 0 saturated carbocycles. The Hall–Kier alpha value is -1.07. The largest absolute Gasteiger partial charge is 0.480 e. The number of hydrogen-bond donors (Lipinski definition) is 3. The number of aliphatic carboxylic acids is 1. The van der Waals surface area contributed by atoms with Gasteiger partial charge in [0, 0.05) is 12.8 Å². The van der Waals surface area contributed by atoms with Crippen molar-refractivity contribution in [1.82, 2.24) is 5.32 Å².